The van der Waals surface area contributed by atoms with E-state index < -0.39 is 0 Å². The van der Waals surface area contributed by atoms with Crippen LogP contribution in [0.1, 0.15) is 32.6 Å². The lowest BCUT2D eigenvalue weighted by molar-refractivity contribution is -0.134. The van der Waals surface area contributed by atoms with Gasteiger partial charge in [0.25, 0.3) is 0 Å². The van der Waals surface area contributed by atoms with Crippen molar-refractivity contribution in [3.8, 4) is 0 Å². The highest BCUT2D eigenvalue weighted by atomic mass is 32.2. The van der Waals surface area contributed by atoms with Crippen LogP contribution in [0.2, 0.25) is 0 Å². The van der Waals surface area contributed by atoms with E-state index in [-0.39, 0.29) is 6.04 Å². The molecule has 4 heteroatoms. The van der Waals surface area contributed by atoms with E-state index in [9.17, 15) is 4.79 Å². The highest BCUT2D eigenvalue weighted by Gasteiger charge is 2.25. The quantitative estimate of drug-likeness (QED) is 0.813. The summed E-state index contributed by atoms with van der Waals surface area (Å²) < 4.78 is 0. The predicted octanol–water partition coefficient (Wildman–Crippen LogP) is 1.48. The van der Waals surface area contributed by atoms with Crippen molar-refractivity contribution in [1.29, 1.82) is 0 Å². The van der Waals surface area contributed by atoms with Gasteiger partial charge in [0.05, 0.1) is 6.04 Å². The lowest BCUT2D eigenvalue weighted by atomic mass is 10.1. The van der Waals surface area contributed by atoms with Crippen LogP contribution in [0.5, 0.6) is 0 Å². The first-order valence-corrected chi connectivity index (χ1v) is 7.55. The number of likely N-dealkylation sites (tertiary alicyclic amines) is 1. The van der Waals surface area contributed by atoms with Crippen LogP contribution < -0.4 is 5.32 Å². The topological polar surface area (TPSA) is 32.3 Å². The van der Waals surface area contributed by atoms with Crippen LogP contribution in [-0.4, -0.2) is 47.5 Å². The van der Waals surface area contributed by atoms with Crippen LogP contribution in [0.25, 0.3) is 0 Å². The molecule has 1 amide bonds. The van der Waals surface area contributed by atoms with Crippen molar-refractivity contribution in [2.24, 2.45) is 0 Å². The third kappa shape index (κ3) is 3.14. The Labute approximate surface area is 102 Å². The summed E-state index contributed by atoms with van der Waals surface area (Å²) in [7, 11) is 0. The molecule has 0 bridgehead atoms. The lowest BCUT2D eigenvalue weighted by Crippen LogP contribution is -2.49. The minimum absolute atomic E-state index is 0.00167. The Bertz CT molecular complexity index is 235. The molecule has 0 saturated carbocycles. The number of carbonyl (C=O) groups excluding carboxylic acids is 1. The molecular weight excluding hydrogens is 220 g/mol. The van der Waals surface area contributed by atoms with Crippen LogP contribution in [0.15, 0.2) is 0 Å². The number of piperidine rings is 1. The van der Waals surface area contributed by atoms with Crippen LogP contribution in [0.3, 0.4) is 0 Å². The molecule has 0 aliphatic carbocycles. The van der Waals surface area contributed by atoms with Crippen molar-refractivity contribution in [2.75, 3.05) is 24.6 Å². The minimum Gasteiger partial charge on any atom is -0.341 e. The smallest absolute Gasteiger partial charge is 0.239 e. The zero-order valence-corrected chi connectivity index (χ0v) is 10.9. The fourth-order valence-corrected chi connectivity index (χ4v) is 3.64. The lowest BCUT2D eigenvalue weighted by Gasteiger charge is -2.30. The summed E-state index contributed by atoms with van der Waals surface area (Å²) in [6.07, 6.45) is 4.85. The molecule has 0 aromatic rings. The Morgan fingerprint density at radius 2 is 2.12 bits per heavy atom. The maximum absolute atomic E-state index is 12.1. The molecule has 2 saturated heterocycles. The van der Waals surface area contributed by atoms with E-state index >= 15 is 0 Å². The number of nitrogens with zero attached hydrogens (tertiary/aromatic N) is 1. The van der Waals surface area contributed by atoms with Gasteiger partial charge in [0, 0.05) is 24.9 Å². The van der Waals surface area contributed by atoms with Crippen LogP contribution in [-0.2, 0) is 4.79 Å². The number of hydrogen-bond acceptors (Lipinski definition) is 3. The summed E-state index contributed by atoms with van der Waals surface area (Å²) in [6.45, 7) is 3.94. The van der Waals surface area contributed by atoms with Crippen molar-refractivity contribution >= 4 is 17.7 Å². The maximum Gasteiger partial charge on any atom is 0.239 e. The molecule has 2 aliphatic heterocycles. The van der Waals surface area contributed by atoms with Gasteiger partial charge in [0.1, 0.15) is 0 Å². The monoisotopic (exact) mass is 242 g/mol. The third-order valence-electron chi connectivity index (χ3n) is 3.45. The molecular formula is C12H22N2OS. The molecule has 0 aromatic heterocycles. The molecule has 2 heterocycles. The number of rotatable bonds is 3. The van der Waals surface area contributed by atoms with Crippen molar-refractivity contribution in [2.45, 2.75) is 44.7 Å². The molecule has 1 unspecified atom stereocenters. The van der Waals surface area contributed by atoms with Crippen LogP contribution in [0.4, 0.5) is 0 Å². The molecule has 2 aliphatic rings. The van der Waals surface area contributed by atoms with Gasteiger partial charge in [-0.15, -0.1) is 0 Å². The van der Waals surface area contributed by atoms with Gasteiger partial charge in [0.15, 0.2) is 0 Å². The van der Waals surface area contributed by atoms with Gasteiger partial charge in [-0.2, -0.15) is 11.8 Å². The van der Waals surface area contributed by atoms with E-state index in [1.807, 2.05) is 23.6 Å². The molecule has 0 radical (unpaired) electrons. The molecule has 2 atom stereocenters. The molecule has 92 valence electrons. The number of carbonyl (C=O) groups is 1. The average molecular weight is 242 g/mol. The largest absolute Gasteiger partial charge is 0.341 e. The second-order valence-electron chi connectivity index (χ2n) is 4.83. The highest BCUT2D eigenvalue weighted by Crippen LogP contribution is 2.18. The van der Waals surface area contributed by atoms with E-state index in [4.69, 9.17) is 0 Å². The number of amides is 1. The van der Waals surface area contributed by atoms with E-state index in [2.05, 4.69) is 5.32 Å². The Hall–Kier alpha value is -0.220. The first-order chi connectivity index (χ1) is 7.77. The van der Waals surface area contributed by atoms with Gasteiger partial charge in [0.2, 0.25) is 5.91 Å². The summed E-state index contributed by atoms with van der Waals surface area (Å²) >= 11 is 1.98. The van der Waals surface area contributed by atoms with Crippen molar-refractivity contribution in [3.63, 3.8) is 0 Å². The van der Waals surface area contributed by atoms with Gasteiger partial charge in [-0.05, 0) is 38.4 Å². The zero-order chi connectivity index (χ0) is 11.4. The summed E-state index contributed by atoms with van der Waals surface area (Å²) in [4.78, 5) is 14.2. The Kier molecular flexibility index (Phi) is 4.53. The summed E-state index contributed by atoms with van der Waals surface area (Å²) in [6, 6.07) is 0.551. The van der Waals surface area contributed by atoms with Crippen molar-refractivity contribution in [1.82, 2.24) is 10.2 Å². The van der Waals surface area contributed by atoms with E-state index in [1.54, 1.807) is 0 Å². The maximum atomic E-state index is 12.1. The molecule has 2 rings (SSSR count). The summed E-state index contributed by atoms with van der Waals surface area (Å²) in [5.41, 5.74) is 0. The fraction of sp³-hybridized carbons (Fsp3) is 0.917. The Morgan fingerprint density at radius 3 is 2.75 bits per heavy atom. The fourth-order valence-electron chi connectivity index (χ4n) is 2.48. The normalized spacial score (nSPS) is 28.1. The van der Waals surface area contributed by atoms with Gasteiger partial charge in [-0.1, -0.05) is 0 Å². The van der Waals surface area contributed by atoms with E-state index in [1.165, 1.54) is 31.4 Å². The van der Waals surface area contributed by atoms with E-state index in [0.29, 0.717) is 11.9 Å². The van der Waals surface area contributed by atoms with Gasteiger partial charge in [-0.25, -0.2) is 0 Å². The average Bonchev–Trinajstić information content (AvgIpc) is 2.82. The van der Waals surface area contributed by atoms with Gasteiger partial charge < -0.3 is 10.2 Å². The van der Waals surface area contributed by atoms with Crippen molar-refractivity contribution in [3.05, 3.63) is 0 Å². The predicted molar refractivity (Wildman–Crippen MR) is 68.8 cm³/mol. The zero-order valence-electron chi connectivity index (χ0n) is 10.1. The van der Waals surface area contributed by atoms with Crippen LogP contribution in [0, 0.1) is 0 Å². The number of hydrogen-bond donors (Lipinski definition) is 1. The number of thioether (sulfide) groups is 1. The Morgan fingerprint density at radius 1 is 1.38 bits per heavy atom. The summed E-state index contributed by atoms with van der Waals surface area (Å²) in [5, 5.41) is 3.46. The Balaban J connectivity index is 1.78. The van der Waals surface area contributed by atoms with Crippen LogP contribution >= 0.6 is 11.8 Å². The molecule has 16 heavy (non-hydrogen) atoms. The molecule has 0 spiro atoms. The van der Waals surface area contributed by atoms with E-state index in [0.717, 1.165) is 18.8 Å². The molecule has 1 N–H and O–H groups in total. The standard InChI is InChI=1S/C12H22N2OS/c1-10(13-11-5-8-16-9-11)12(15)14-6-3-2-4-7-14/h10-11,13H,2-9H2,1H3/t10-,11?/m0/s1. The SMILES string of the molecule is C[C@H](NC1CCSC1)C(=O)N1CCCCC1. The number of nitrogens with one attached hydrogen (secondary N) is 1. The highest BCUT2D eigenvalue weighted by molar-refractivity contribution is 7.99. The molecule has 2 fully saturated rings. The first kappa shape index (κ1) is 12.2. The van der Waals surface area contributed by atoms with Gasteiger partial charge >= 0.3 is 0 Å². The third-order valence-corrected chi connectivity index (χ3v) is 4.62. The van der Waals surface area contributed by atoms with Crippen molar-refractivity contribution < 1.29 is 4.79 Å². The van der Waals surface area contributed by atoms with Gasteiger partial charge in [-0.3, -0.25) is 4.79 Å². The molecule has 3 nitrogen and oxygen atoms in total. The first-order valence-electron chi connectivity index (χ1n) is 6.40. The second kappa shape index (κ2) is 5.92. The summed E-state index contributed by atoms with van der Waals surface area (Å²) in [5.74, 6) is 2.71. The minimum atomic E-state index is 0.00167. The second-order valence-corrected chi connectivity index (χ2v) is 5.98. The molecule has 0 aromatic carbocycles.